The van der Waals surface area contributed by atoms with Gasteiger partial charge < -0.3 is 10.6 Å². The van der Waals surface area contributed by atoms with Crippen molar-refractivity contribution in [3.05, 3.63) is 53.2 Å². The maximum atomic E-state index is 7.59. The molecule has 0 saturated carbocycles. The van der Waals surface area contributed by atoms with Crippen LogP contribution in [-0.4, -0.2) is 17.4 Å². The fraction of sp³-hybridized carbons (Fsp3) is 0.250. The summed E-state index contributed by atoms with van der Waals surface area (Å²) < 4.78 is 0. The van der Waals surface area contributed by atoms with Gasteiger partial charge in [0, 0.05) is 23.5 Å². The number of nitrogens with zero attached hydrogens (tertiary/aromatic N) is 2. The van der Waals surface area contributed by atoms with Gasteiger partial charge in [-0.1, -0.05) is 17.7 Å². The zero-order chi connectivity index (χ0) is 14.7. The molecule has 0 aliphatic carbocycles. The molecule has 1 aromatic heterocycles. The van der Waals surface area contributed by atoms with Crippen LogP contribution in [0.1, 0.15) is 23.7 Å². The molecule has 1 heterocycles. The molecular weight excluding hydrogens is 248 g/mol. The molecule has 0 bridgehead atoms. The van der Waals surface area contributed by atoms with E-state index in [9.17, 15) is 0 Å². The smallest absolute Gasteiger partial charge is 0.133 e. The molecule has 0 radical (unpaired) electrons. The van der Waals surface area contributed by atoms with E-state index in [0.717, 1.165) is 23.7 Å². The lowest BCUT2D eigenvalue weighted by molar-refractivity contribution is 0.977. The molecule has 4 nitrogen and oxygen atoms in total. The van der Waals surface area contributed by atoms with Crippen LogP contribution in [-0.2, 0) is 0 Å². The number of nitrogens with two attached hydrogens (primary N) is 1. The summed E-state index contributed by atoms with van der Waals surface area (Å²) in [5, 5.41) is 7.59. The number of aromatic nitrogens is 1. The van der Waals surface area contributed by atoms with Gasteiger partial charge >= 0.3 is 0 Å². The minimum Gasteiger partial charge on any atom is -0.384 e. The van der Waals surface area contributed by atoms with Crippen molar-refractivity contribution in [1.82, 2.24) is 4.98 Å². The number of nitrogens with one attached hydrogen (secondary N) is 1. The number of aryl methyl sites for hydroxylation is 2. The van der Waals surface area contributed by atoms with Crippen molar-refractivity contribution in [2.45, 2.75) is 20.8 Å². The zero-order valence-electron chi connectivity index (χ0n) is 12.1. The molecule has 1 aromatic carbocycles. The van der Waals surface area contributed by atoms with Crippen molar-refractivity contribution in [1.29, 1.82) is 5.41 Å². The Labute approximate surface area is 119 Å². The van der Waals surface area contributed by atoms with Gasteiger partial charge in [-0.3, -0.25) is 5.41 Å². The van der Waals surface area contributed by atoms with E-state index in [0.29, 0.717) is 5.56 Å². The highest BCUT2D eigenvalue weighted by Crippen LogP contribution is 2.24. The topological polar surface area (TPSA) is 66.0 Å². The van der Waals surface area contributed by atoms with Crippen LogP contribution in [0.2, 0.25) is 0 Å². The second-order valence-electron chi connectivity index (χ2n) is 4.85. The Morgan fingerprint density at radius 1 is 1.20 bits per heavy atom. The Hall–Kier alpha value is -2.36. The lowest BCUT2D eigenvalue weighted by Crippen LogP contribution is -2.19. The number of anilines is 2. The lowest BCUT2D eigenvalue weighted by atomic mass is 10.2. The molecule has 2 rings (SSSR count). The Kier molecular flexibility index (Phi) is 4.03. The van der Waals surface area contributed by atoms with Crippen molar-refractivity contribution in [3.8, 4) is 0 Å². The predicted molar refractivity (Wildman–Crippen MR) is 83.8 cm³/mol. The van der Waals surface area contributed by atoms with Gasteiger partial charge in [0.15, 0.2) is 0 Å². The first-order valence-corrected chi connectivity index (χ1v) is 6.68. The van der Waals surface area contributed by atoms with E-state index in [-0.39, 0.29) is 5.84 Å². The molecule has 2 aromatic rings. The molecule has 0 saturated heterocycles. The van der Waals surface area contributed by atoms with Crippen LogP contribution in [0.3, 0.4) is 0 Å². The van der Waals surface area contributed by atoms with Gasteiger partial charge in [-0.2, -0.15) is 0 Å². The predicted octanol–water partition coefficient (Wildman–Crippen LogP) is 3.14. The molecule has 104 valence electrons. The van der Waals surface area contributed by atoms with Crippen molar-refractivity contribution < 1.29 is 0 Å². The maximum Gasteiger partial charge on any atom is 0.133 e. The third-order valence-corrected chi connectivity index (χ3v) is 3.19. The minimum atomic E-state index is 0.0664. The van der Waals surface area contributed by atoms with E-state index in [1.54, 1.807) is 0 Å². The van der Waals surface area contributed by atoms with Gasteiger partial charge in [0.05, 0.1) is 0 Å². The summed E-state index contributed by atoms with van der Waals surface area (Å²) >= 11 is 0. The monoisotopic (exact) mass is 268 g/mol. The van der Waals surface area contributed by atoms with Crippen LogP contribution in [0.25, 0.3) is 0 Å². The first-order valence-electron chi connectivity index (χ1n) is 6.68. The summed E-state index contributed by atoms with van der Waals surface area (Å²) in [6.07, 6.45) is 0. The van der Waals surface area contributed by atoms with Gasteiger partial charge in [-0.25, -0.2) is 4.98 Å². The van der Waals surface area contributed by atoms with E-state index in [2.05, 4.69) is 48.0 Å². The van der Waals surface area contributed by atoms with Crippen molar-refractivity contribution >= 4 is 17.3 Å². The highest BCUT2D eigenvalue weighted by Gasteiger charge is 2.11. The summed E-state index contributed by atoms with van der Waals surface area (Å²) in [5.74, 6) is 0.887. The summed E-state index contributed by atoms with van der Waals surface area (Å²) in [5.41, 5.74) is 9.47. The molecule has 3 N–H and O–H groups in total. The van der Waals surface area contributed by atoms with Crippen LogP contribution in [0.4, 0.5) is 11.5 Å². The van der Waals surface area contributed by atoms with Gasteiger partial charge in [0.2, 0.25) is 0 Å². The number of rotatable bonds is 4. The summed E-state index contributed by atoms with van der Waals surface area (Å²) in [6, 6.07) is 12.0. The number of hydrogen-bond donors (Lipinski definition) is 2. The Balaban J connectivity index is 2.46. The zero-order valence-corrected chi connectivity index (χ0v) is 12.1. The third kappa shape index (κ3) is 2.96. The van der Waals surface area contributed by atoms with Crippen LogP contribution < -0.4 is 10.6 Å². The van der Waals surface area contributed by atoms with E-state index < -0.39 is 0 Å². The average Bonchev–Trinajstić information content (AvgIpc) is 2.41. The quantitative estimate of drug-likeness (QED) is 0.661. The molecule has 20 heavy (non-hydrogen) atoms. The molecular formula is C16H20N4. The molecule has 0 atom stereocenters. The number of nitrogen functional groups attached to an aromatic ring is 1. The fourth-order valence-corrected chi connectivity index (χ4v) is 2.15. The summed E-state index contributed by atoms with van der Waals surface area (Å²) in [4.78, 5) is 6.67. The van der Waals surface area contributed by atoms with Crippen LogP contribution in [0.5, 0.6) is 0 Å². The Bertz CT molecular complexity index is 617. The number of pyridine rings is 1. The van der Waals surface area contributed by atoms with Gasteiger partial charge in [-0.05, 0) is 45.0 Å². The Morgan fingerprint density at radius 3 is 2.40 bits per heavy atom. The third-order valence-electron chi connectivity index (χ3n) is 3.19. The normalized spacial score (nSPS) is 10.3. The van der Waals surface area contributed by atoms with Crippen molar-refractivity contribution in [2.75, 3.05) is 11.4 Å². The first-order chi connectivity index (χ1) is 9.51. The minimum absolute atomic E-state index is 0.0664. The van der Waals surface area contributed by atoms with Gasteiger partial charge in [-0.15, -0.1) is 0 Å². The molecule has 0 spiro atoms. The standard InChI is InChI=1S/C16H20N4/c1-4-20(14-7-5-11(2)6-8-14)15-10-13(16(17)18)9-12(3)19-15/h5-10H,4H2,1-3H3,(H3,17,18). The molecule has 0 unspecified atom stereocenters. The second-order valence-corrected chi connectivity index (χ2v) is 4.85. The molecule has 0 aliphatic rings. The average molecular weight is 268 g/mol. The lowest BCUT2D eigenvalue weighted by Gasteiger charge is -2.23. The van der Waals surface area contributed by atoms with Crippen LogP contribution in [0, 0.1) is 19.3 Å². The molecule has 4 heteroatoms. The molecule has 0 aliphatic heterocycles. The Morgan fingerprint density at radius 2 is 1.85 bits per heavy atom. The van der Waals surface area contributed by atoms with Gasteiger partial charge in [0.25, 0.3) is 0 Å². The number of amidine groups is 1. The van der Waals surface area contributed by atoms with Crippen LogP contribution >= 0.6 is 0 Å². The first kappa shape index (κ1) is 14.1. The van der Waals surface area contributed by atoms with E-state index in [4.69, 9.17) is 11.1 Å². The molecule has 0 amide bonds. The number of hydrogen-bond acceptors (Lipinski definition) is 3. The molecule has 0 fully saturated rings. The van der Waals surface area contributed by atoms with E-state index >= 15 is 0 Å². The van der Waals surface area contributed by atoms with Crippen LogP contribution in [0.15, 0.2) is 36.4 Å². The second kappa shape index (κ2) is 5.74. The highest BCUT2D eigenvalue weighted by molar-refractivity contribution is 5.95. The fourth-order valence-electron chi connectivity index (χ4n) is 2.15. The highest BCUT2D eigenvalue weighted by atomic mass is 15.2. The van der Waals surface area contributed by atoms with Crippen molar-refractivity contribution in [3.63, 3.8) is 0 Å². The van der Waals surface area contributed by atoms with E-state index in [1.165, 1.54) is 5.56 Å². The van der Waals surface area contributed by atoms with Gasteiger partial charge in [0.1, 0.15) is 11.7 Å². The number of benzene rings is 1. The van der Waals surface area contributed by atoms with Crippen molar-refractivity contribution in [2.24, 2.45) is 5.73 Å². The SMILES string of the molecule is CCN(c1ccc(C)cc1)c1cc(C(=N)N)cc(C)n1. The summed E-state index contributed by atoms with van der Waals surface area (Å²) in [7, 11) is 0. The largest absolute Gasteiger partial charge is 0.384 e. The summed E-state index contributed by atoms with van der Waals surface area (Å²) in [6.45, 7) is 6.87. The maximum absolute atomic E-state index is 7.59. The van der Waals surface area contributed by atoms with E-state index in [1.807, 2.05) is 19.1 Å².